The molecule has 7 heteroatoms. The van der Waals surface area contributed by atoms with E-state index in [1.165, 1.54) is 24.8 Å². The molecule has 1 aromatic carbocycles. The largest absolute Gasteiger partial charge is 0.355 e. The van der Waals surface area contributed by atoms with Crippen molar-refractivity contribution in [2.45, 2.75) is 71.8 Å². The van der Waals surface area contributed by atoms with E-state index in [0.29, 0.717) is 28.2 Å². The number of hydrogen-bond acceptors (Lipinski definition) is 4. The lowest BCUT2D eigenvalue weighted by molar-refractivity contribution is 0.111. The molecular formula is C31H46ClN5O. The second-order valence-corrected chi connectivity index (χ2v) is 10.5. The van der Waals surface area contributed by atoms with Crippen LogP contribution in [0.4, 0.5) is 5.69 Å². The van der Waals surface area contributed by atoms with Gasteiger partial charge >= 0.3 is 0 Å². The number of aldehydes is 1. The average molecular weight is 540 g/mol. The standard InChI is InChI=1S/C26H32ClN5O.C3H8.C2H6/c1-5-31(3)24(29-2)26(16-25(17-26)9-10-25)18-7-6-8-20(11-18)32(4)14-22(27)21-12-19(13-28)30-23(21)15-33;1-3-2;1-2/h5-8,11-12,14-15,30H,1,9-10,13,16-17,28H2,2-4H3;3H2,1-2H3;1-2H3/b22-14+,29-24?;;. The smallest absolute Gasteiger partial charge is 0.166 e. The number of aromatic nitrogens is 1. The number of amidine groups is 1. The van der Waals surface area contributed by atoms with E-state index in [1.54, 1.807) is 0 Å². The summed E-state index contributed by atoms with van der Waals surface area (Å²) >= 11 is 6.62. The predicted molar refractivity (Wildman–Crippen MR) is 164 cm³/mol. The molecule has 2 aliphatic rings. The summed E-state index contributed by atoms with van der Waals surface area (Å²) in [6, 6.07) is 10.4. The van der Waals surface area contributed by atoms with Gasteiger partial charge in [-0.25, -0.2) is 0 Å². The molecule has 4 rings (SSSR count). The van der Waals surface area contributed by atoms with Gasteiger partial charge in [0.25, 0.3) is 0 Å². The first-order valence-electron chi connectivity index (χ1n) is 13.6. The molecule has 38 heavy (non-hydrogen) atoms. The van der Waals surface area contributed by atoms with Crippen molar-refractivity contribution in [1.82, 2.24) is 9.88 Å². The molecule has 0 amide bonds. The normalized spacial score (nSPS) is 16.8. The van der Waals surface area contributed by atoms with Gasteiger partial charge in [0.2, 0.25) is 0 Å². The molecule has 1 heterocycles. The monoisotopic (exact) mass is 539 g/mol. The molecular weight excluding hydrogens is 494 g/mol. The number of H-pyrrole nitrogens is 1. The topological polar surface area (TPSA) is 77.7 Å². The number of hydrogen-bond donors (Lipinski definition) is 2. The number of nitrogens with two attached hydrogens (primary N) is 1. The Kier molecular flexibility index (Phi) is 11.4. The van der Waals surface area contributed by atoms with Gasteiger partial charge in [-0.15, -0.1) is 0 Å². The molecule has 6 nitrogen and oxygen atoms in total. The Bertz CT molecular complexity index is 1140. The minimum Gasteiger partial charge on any atom is -0.355 e. The van der Waals surface area contributed by atoms with Crippen LogP contribution < -0.4 is 10.6 Å². The lowest BCUT2D eigenvalue weighted by Crippen LogP contribution is -2.53. The quantitative estimate of drug-likeness (QED) is 0.209. The van der Waals surface area contributed by atoms with Gasteiger partial charge < -0.3 is 20.5 Å². The number of nitrogens with one attached hydrogen (secondary N) is 1. The van der Waals surface area contributed by atoms with Crippen molar-refractivity contribution in [2.24, 2.45) is 16.1 Å². The van der Waals surface area contributed by atoms with E-state index in [1.807, 2.05) is 63.3 Å². The molecule has 0 aliphatic heterocycles. The molecule has 2 aliphatic carbocycles. The first-order chi connectivity index (χ1) is 18.2. The van der Waals surface area contributed by atoms with Crippen LogP contribution in [-0.2, 0) is 12.0 Å². The molecule has 0 bridgehead atoms. The average Bonchev–Trinajstić information content (AvgIpc) is 3.59. The van der Waals surface area contributed by atoms with Crippen molar-refractivity contribution in [3.8, 4) is 0 Å². The second-order valence-electron chi connectivity index (χ2n) is 10.1. The van der Waals surface area contributed by atoms with E-state index in [9.17, 15) is 4.79 Å². The summed E-state index contributed by atoms with van der Waals surface area (Å²) in [7, 11) is 5.84. The van der Waals surface area contributed by atoms with E-state index in [4.69, 9.17) is 22.3 Å². The highest BCUT2D eigenvalue weighted by Crippen LogP contribution is 2.69. The van der Waals surface area contributed by atoms with E-state index in [2.05, 4.69) is 49.7 Å². The van der Waals surface area contributed by atoms with Crippen LogP contribution in [0.3, 0.4) is 0 Å². The fourth-order valence-corrected chi connectivity index (χ4v) is 5.61. The lowest BCUT2D eigenvalue weighted by Gasteiger charge is -2.51. The van der Waals surface area contributed by atoms with Gasteiger partial charge in [0.1, 0.15) is 5.84 Å². The molecule has 2 aromatic rings. The van der Waals surface area contributed by atoms with Crippen LogP contribution in [0.25, 0.3) is 5.03 Å². The van der Waals surface area contributed by atoms with Crippen molar-refractivity contribution in [2.75, 3.05) is 26.0 Å². The maximum Gasteiger partial charge on any atom is 0.166 e. The Balaban J connectivity index is 0.000000947. The summed E-state index contributed by atoms with van der Waals surface area (Å²) in [5.74, 6) is 1.06. The molecule has 2 saturated carbocycles. The van der Waals surface area contributed by atoms with Crippen molar-refractivity contribution in [3.05, 3.63) is 71.8 Å². The van der Waals surface area contributed by atoms with Crippen LogP contribution in [0.2, 0.25) is 0 Å². The summed E-state index contributed by atoms with van der Waals surface area (Å²) in [6.07, 6.45) is 10.5. The summed E-state index contributed by atoms with van der Waals surface area (Å²) < 4.78 is 0. The van der Waals surface area contributed by atoms with Gasteiger partial charge in [-0.05, 0) is 61.1 Å². The van der Waals surface area contributed by atoms with Gasteiger partial charge in [0.15, 0.2) is 6.29 Å². The highest BCUT2D eigenvalue weighted by Gasteiger charge is 2.63. The van der Waals surface area contributed by atoms with Crippen molar-refractivity contribution in [1.29, 1.82) is 0 Å². The van der Waals surface area contributed by atoms with Crippen molar-refractivity contribution >= 4 is 34.4 Å². The van der Waals surface area contributed by atoms with Crippen LogP contribution in [0.15, 0.2) is 54.3 Å². The van der Waals surface area contributed by atoms with Gasteiger partial charge in [-0.2, -0.15) is 0 Å². The number of carbonyl (C=O) groups excluding carboxylic acids is 1. The van der Waals surface area contributed by atoms with Gasteiger partial charge in [-0.1, -0.05) is 64.4 Å². The highest BCUT2D eigenvalue weighted by molar-refractivity contribution is 6.49. The Morgan fingerprint density at radius 2 is 1.84 bits per heavy atom. The minimum atomic E-state index is -0.111. The number of benzene rings is 1. The Morgan fingerprint density at radius 3 is 2.34 bits per heavy atom. The number of nitrogens with zero attached hydrogens (tertiary/aromatic N) is 3. The number of aliphatic imine (C=N–C) groups is 1. The van der Waals surface area contributed by atoms with Crippen LogP contribution in [-0.4, -0.2) is 43.1 Å². The van der Waals surface area contributed by atoms with Gasteiger partial charge in [0.05, 0.1) is 16.1 Å². The lowest BCUT2D eigenvalue weighted by atomic mass is 9.55. The third-order valence-electron chi connectivity index (χ3n) is 7.17. The number of aromatic amines is 1. The van der Waals surface area contributed by atoms with E-state index >= 15 is 0 Å². The van der Waals surface area contributed by atoms with E-state index < -0.39 is 0 Å². The van der Waals surface area contributed by atoms with E-state index in [-0.39, 0.29) is 5.41 Å². The number of halogens is 1. The first kappa shape index (κ1) is 31.4. The molecule has 0 radical (unpaired) electrons. The first-order valence-corrected chi connectivity index (χ1v) is 14.0. The van der Waals surface area contributed by atoms with Crippen LogP contribution in [0.1, 0.15) is 87.1 Å². The maximum absolute atomic E-state index is 11.4. The molecule has 0 atom stereocenters. The molecule has 0 unspecified atom stereocenters. The summed E-state index contributed by atoms with van der Waals surface area (Å²) in [5.41, 5.74) is 10.2. The minimum absolute atomic E-state index is 0.111. The second kappa shape index (κ2) is 13.8. The van der Waals surface area contributed by atoms with Crippen LogP contribution >= 0.6 is 11.6 Å². The third-order valence-corrected chi connectivity index (χ3v) is 7.47. The number of rotatable bonds is 8. The molecule has 2 fully saturated rings. The summed E-state index contributed by atoms with van der Waals surface area (Å²) in [4.78, 5) is 23.2. The fraction of sp³-hybridized carbons (Fsp3) is 0.484. The van der Waals surface area contributed by atoms with Crippen LogP contribution in [0.5, 0.6) is 0 Å². The Labute approximate surface area is 234 Å². The molecule has 1 spiro atoms. The number of carbonyl (C=O) groups is 1. The zero-order valence-corrected chi connectivity index (χ0v) is 25.0. The predicted octanol–water partition coefficient (Wildman–Crippen LogP) is 7.32. The SMILES string of the molecule is C=CN(C)C(=NC)C1(c2cccc(N(C)/C=C(/Cl)c3cc(CN)[nH]c3C=O)c2)CC2(CC2)C1.CC.CCC. The van der Waals surface area contributed by atoms with Crippen molar-refractivity contribution in [3.63, 3.8) is 0 Å². The maximum atomic E-state index is 11.4. The zero-order valence-electron chi connectivity index (χ0n) is 24.3. The van der Waals surface area contributed by atoms with Crippen molar-refractivity contribution < 1.29 is 4.79 Å². The number of likely N-dealkylation sites (N-methyl/N-ethyl adjacent to an activating group) is 1. The Hall–Kier alpha value is -2.83. The summed E-state index contributed by atoms with van der Waals surface area (Å²) in [6.45, 7) is 12.5. The van der Waals surface area contributed by atoms with Crippen LogP contribution in [0, 0.1) is 5.41 Å². The highest BCUT2D eigenvalue weighted by atomic mass is 35.5. The fourth-order valence-electron chi connectivity index (χ4n) is 5.31. The van der Waals surface area contributed by atoms with Gasteiger partial charge in [0, 0.05) is 50.8 Å². The number of anilines is 1. The summed E-state index contributed by atoms with van der Waals surface area (Å²) in [5, 5.41) is 0.471. The zero-order chi connectivity index (χ0) is 28.5. The molecule has 1 aromatic heterocycles. The third kappa shape index (κ3) is 6.59. The molecule has 0 saturated heterocycles. The molecule has 208 valence electrons. The van der Waals surface area contributed by atoms with Gasteiger partial charge in [-0.3, -0.25) is 9.79 Å². The van der Waals surface area contributed by atoms with E-state index in [0.717, 1.165) is 36.3 Å². The Morgan fingerprint density at radius 1 is 1.21 bits per heavy atom. The molecule has 3 N–H and O–H groups in total.